The zero-order chi connectivity index (χ0) is 9.10. The minimum absolute atomic E-state index is 0.922. The van der Waals surface area contributed by atoms with Crippen molar-refractivity contribution in [3.8, 4) is 11.3 Å². The highest BCUT2D eigenvalue weighted by molar-refractivity contribution is 7.10. The molecule has 0 aliphatic carbocycles. The number of nitrogens with one attached hydrogen (secondary N) is 1. The Bertz CT molecular complexity index is 364. The fourth-order valence-electron chi connectivity index (χ4n) is 1.22. The average molecular weight is 193 g/mol. The van der Waals surface area contributed by atoms with Gasteiger partial charge in [-0.3, -0.25) is 0 Å². The molecule has 13 heavy (non-hydrogen) atoms. The molecular weight excluding hydrogens is 182 g/mol. The van der Waals surface area contributed by atoms with Crippen LogP contribution in [0.3, 0.4) is 0 Å². The Balaban J connectivity index is 2.23. The zero-order valence-electron chi connectivity index (χ0n) is 7.41. The summed E-state index contributed by atoms with van der Waals surface area (Å²) in [4.78, 5) is 1.33. The van der Waals surface area contributed by atoms with E-state index >= 15 is 0 Å². The van der Waals surface area contributed by atoms with Crippen LogP contribution < -0.4 is 5.32 Å². The van der Waals surface area contributed by atoms with Crippen molar-refractivity contribution in [1.29, 1.82) is 0 Å². The number of hydrogen-bond acceptors (Lipinski definition) is 3. The summed E-state index contributed by atoms with van der Waals surface area (Å²) in [6, 6.07) is 6.04. The molecule has 0 spiro atoms. The molecule has 0 saturated carbocycles. The fraction of sp³-hybridized carbons (Fsp3) is 0.200. The van der Waals surface area contributed by atoms with E-state index in [0.29, 0.717) is 0 Å². The lowest BCUT2D eigenvalue weighted by atomic mass is 10.2. The van der Waals surface area contributed by atoms with Crippen LogP contribution in [0.5, 0.6) is 0 Å². The minimum atomic E-state index is 0.922. The molecule has 68 valence electrons. The molecule has 0 radical (unpaired) electrons. The van der Waals surface area contributed by atoms with Crippen molar-refractivity contribution >= 4 is 11.3 Å². The maximum Gasteiger partial charge on any atom is 0.134 e. The van der Waals surface area contributed by atoms with Crippen LogP contribution in [0.1, 0.15) is 4.88 Å². The Kier molecular flexibility index (Phi) is 2.47. The average Bonchev–Trinajstić information content (AvgIpc) is 2.70. The van der Waals surface area contributed by atoms with E-state index in [4.69, 9.17) is 4.42 Å². The zero-order valence-corrected chi connectivity index (χ0v) is 8.23. The maximum absolute atomic E-state index is 5.30. The van der Waals surface area contributed by atoms with Crippen LogP contribution in [0.15, 0.2) is 34.3 Å². The topological polar surface area (TPSA) is 25.2 Å². The van der Waals surface area contributed by atoms with Crippen LogP contribution in [0.25, 0.3) is 11.3 Å². The van der Waals surface area contributed by atoms with Crippen molar-refractivity contribution in [3.63, 3.8) is 0 Å². The second-order valence-corrected chi connectivity index (χ2v) is 3.81. The summed E-state index contributed by atoms with van der Waals surface area (Å²) < 4.78 is 5.30. The van der Waals surface area contributed by atoms with Crippen molar-refractivity contribution in [2.45, 2.75) is 6.54 Å². The monoisotopic (exact) mass is 193 g/mol. The third-order valence-corrected chi connectivity index (χ3v) is 2.75. The summed E-state index contributed by atoms with van der Waals surface area (Å²) in [5.74, 6) is 0.943. The van der Waals surface area contributed by atoms with Gasteiger partial charge in [-0.1, -0.05) is 0 Å². The molecule has 0 saturated heterocycles. The lowest BCUT2D eigenvalue weighted by molar-refractivity contribution is 0.582. The largest absolute Gasteiger partial charge is 0.464 e. The summed E-state index contributed by atoms with van der Waals surface area (Å²) in [5.41, 5.74) is 1.17. The van der Waals surface area contributed by atoms with E-state index in [2.05, 4.69) is 16.8 Å². The second-order valence-electron chi connectivity index (χ2n) is 2.81. The molecule has 2 aromatic heterocycles. The van der Waals surface area contributed by atoms with E-state index in [1.807, 2.05) is 19.2 Å². The summed E-state index contributed by atoms with van der Waals surface area (Å²) in [5, 5.41) is 5.24. The molecule has 1 N–H and O–H groups in total. The minimum Gasteiger partial charge on any atom is -0.464 e. The molecule has 0 fully saturated rings. The normalized spacial score (nSPS) is 10.5. The van der Waals surface area contributed by atoms with Gasteiger partial charge in [-0.15, -0.1) is 11.3 Å². The van der Waals surface area contributed by atoms with Gasteiger partial charge in [0.25, 0.3) is 0 Å². The van der Waals surface area contributed by atoms with E-state index in [1.54, 1.807) is 17.6 Å². The molecule has 0 amide bonds. The molecule has 2 aromatic rings. The third kappa shape index (κ3) is 1.82. The van der Waals surface area contributed by atoms with Crippen LogP contribution >= 0.6 is 11.3 Å². The number of rotatable bonds is 3. The fourth-order valence-corrected chi connectivity index (χ4v) is 2.10. The van der Waals surface area contributed by atoms with Crippen LogP contribution in [-0.4, -0.2) is 7.05 Å². The molecular formula is C10H11NOS. The molecule has 0 aliphatic heterocycles. The Morgan fingerprint density at radius 1 is 1.54 bits per heavy atom. The van der Waals surface area contributed by atoms with Crippen molar-refractivity contribution in [2.24, 2.45) is 0 Å². The van der Waals surface area contributed by atoms with Crippen molar-refractivity contribution in [3.05, 3.63) is 34.7 Å². The number of hydrogen-bond donors (Lipinski definition) is 1. The summed E-state index contributed by atoms with van der Waals surface area (Å²) >= 11 is 1.75. The molecule has 0 aromatic carbocycles. The van der Waals surface area contributed by atoms with Gasteiger partial charge in [-0.25, -0.2) is 0 Å². The van der Waals surface area contributed by atoms with Gasteiger partial charge in [0, 0.05) is 22.4 Å². The predicted octanol–water partition coefficient (Wildman–Crippen LogP) is 2.73. The summed E-state index contributed by atoms with van der Waals surface area (Å²) in [6.07, 6.45) is 1.70. The van der Waals surface area contributed by atoms with Gasteiger partial charge in [-0.2, -0.15) is 0 Å². The highest BCUT2D eigenvalue weighted by Crippen LogP contribution is 2.25. The first-order valence-corrected chi connectivity index (χ1v) is 5.04. The standard InChI is InChI=1S/C10H11NOS/c1-11-6-9-5-8(7-13-9)10-3-2-4-12-10/h2-5,7,11H,6H2,1H3. The van der Waals surface area contributed by atoms with Gasteiger partial charge in [0.15, 0.2) is 0 Å². The molecule has 2 rings (SSSR count). The highest BCUT2D eigenvalue weighted by Gasteiger charge is 2.03. The molecule has 0 aliphatic rings. The van der Waals surface area contributed by atoms with E-state index in [-0.39, 0.29) is 0 Å². The van der Waals surface area contributed by atoms with Crippen LogP contribution in [-0.2, 0) is 6.54 Å². The van der Waals surface area contributed by atoms with Gasteiger partial charge in [0.05, 0.1) is 6.26 Å². The van der Waals surface area contributed by atoms with Gasteiger partial charge in [0.1, 0.15) is 5.76 Å². The SMILES string of the molecule is CNCc1cc(-c2ccco2)cs1. The van der Waals surface area contributed by atoms with Crippen LogP contribution in [0.2, 0.25) is 0 Å². The van der Waals surface area contributed by atoms with E-state index in [1.165, 1.54) is 10.4 Å². The number of thiophene rings is 1. The molecule has 2 nitrogen and oxygen atoms in total. The Morgan fingerprint density at radius 2 is 2.46 bits per heavy atom. The molecule has 0 bridgehead atoms. The van der Waals surface area contributed by atoms with Crippen LogP contribution in [0, 0.1) is 0 Å². The Hall–Kier alpha value is -1.06. The van der Waals surface area contributed by atoms with E-state index < -0.39 is 0 Å². The molecule has 0 atom stereocenters. The summed E-state index contributed by atoms with van der Waals surface area (Å²) in [7, 11) is 1.95. The molecule has 0 unspecified atom stereocenters. The van der Waals surface area contributed by atoms with Crippen molar-refractivity contribution in [2.75, 3.05) is 7.05 Å². The Morgan fingerprint density at radius 3 is 3.15 bits per heavy atom. The Labute approximate surface area is 81.2 Å². The van der Waals surface area contributed by atoms with Crippen molar-refractivity contribution < 1.29 is 4.42 Å². The lowest BCUT2D eigenvalue weighted by Crippen LogP contribution is -2.02. The van der Waals surface area contributed by atoms with Gasteiger partial charge >= 0.3 is 0 Å². The quantitative estimate of drug-likeness (QED) is 0.810. The lowest BCUT2D eigenvalue weighted by Gasteiger charge is -1.91. The van der Waals surface area contributed by atoms with Crippen LogP contribution in [0.4, 0.5) is 0 Å². The van der Waals surface area contributed by atoms with E-state index in [0.717, 1.165) is 12.3 Å². The first-order chi connectivity index (χ1) is 6.40. The smallest absolute Gasteiger partial charge is 0.134 e. The third-order valence-electron chi connectivity index (χ3n) is 1.81. The first kappa shape index (κ1) is 8.53. The van der Waals surface area contributed by atoms with E-state index in [9.17, 15) is 0 Å². The second kappa shape index (κ2) is 3.77. The summed E-state index contributed by atoms with van der Waals surface area (Å²) in [6.45, 7) is 0.922. The highest BCUT2D eigenvalue weighted by atomic mass is 32.1. The molecule has 3 heteroatoms. The first-order valence-electron chi connectivity index (χ1n) is 4.16. The number of furan rings is 1. The van der Waals surface area contributed by atoms with Crippen molar-refractivity contribution in [1.82, 2.24) is 5.32 Å². The predicted molar refractivity (Wildman–Crippen MR) is 54.8 cm³/mol. The van der Waals surface area contributed by atoms with Gasteiger partial charge in [0.2, 0.25) is 0 Å². The van der Waals surface area contributed by atoms with Gasteiger partial charge in [-0.05, 0) is 25.2 Å². The maximum atomic E-state index is 5.30. The van der Waals surface area contributed by atoms with Gasteiger partial charge < -0.3 is 9.73 Å². The molecule has 2 heterocycles.